The second-order valence-electron chi connectivity index (χ2n) is 4.40. The first-order valence-corrected chi connectivity index (χ1v) is 6.94. The summed E-state index contributed by atoms with van der Waals surface area (Å²) in [7, 11) is 0. The molecule has 1 atom stereocenters. The Balaban J connectivity index is 2.49. The first kappa shape index (κ1) is 15.1. The van der Waals surface area contributed by atoms with Crippen LogP contribution in [0.5, 0.6) is 0 Å². The Morgan fingerprint density at radius 2 is 1.40 bits per heavy atom. The number of rotatable bonds is 4. The fraction of sp³-hybridized carbons (Fsp3) is 0.200. The minimum atomic E-state index is -0.654. The lowest BCUT2D eigenvalue weighted by Crippen LogP contribution is -2.22. The Labute approximate surface area is 123 Å². The third-order valence-corrected chi connectivity index (χ3v) is 3.30. The van der Waals surface area contributed by atoms with Gasteiger partial charge in [0.1, 0.15) is 17.5 Å². The maximum Gasteiger partial charge on any atom is 0.126 e. The lowest BCUT2D eigenvalue weighted by Gasteiger charge is -2.19. The summed E-state index contributed by atoms with van der Waals surface area (Å²) in [5, 5.41) is 3.10. The van der Waals surface area contributed by atoms with E-state index in [0.29, 0.717) is 22.1 Å². The summed E-state index contributed by atoms with van der Waals surface area (Å²) in [6, 6.07) is 7.23. The lowest BCUT2D eigenvalue weighted by molar-refractivity contribution is 0.563. The van der Waals surface area contributed by atoms with Gasteiger partial charge in [0.2, 0.25) is 0 Å². The van der Waals surface area contributed by atoms with Crippen molar-refractivity contribution >= 4 is 15.9 Å². The Hall–Kier alpha value is -1.33. The molecule has 5 heteroatoms. The van der Waals surface area contributed by atoms with Crippen molar-refractivity contribution in [3.8, 4) is 0 Å². The van der Waals surface area contributed by atoms with E-state index >= 15 is 0 Å². The second-order valence-corrected chi connectivity index (χ2v) is 5.31. The van der Waals surface area contributed by atoms with Gasteiger partial charge in [-0.2, -0.15) is 0 Å². The molecule has 2 rings (SSSR count). The van der Waals surface area contributed by atoms with Gasteiger partial charge in [0, 0.05) is 10.5 Å². The van der Waals surface area contributed by atoms with Gasteiger partial charge < -0.3 is 5.32 Å². The van der Waals surface area contributed by atoms with Gasteiger partial charge in [-0.15, -0.1) is 0 Å². The molecule has 0 bridgehead atoms. The Bertz CT molecular complexity index is 524. The normalized spacial score (nSPS) is 12.4. The molecule has 1 unspecified atom stereocenters. The van der Waals surface area contributed by atoms with Crippen LogP contribution in [0.4, 0.5) is 13.2 Å². The van der Waals surface area contributed by atoms with Gasteiger partial charge in [-0.25, -0.2) is 13.2 Å². The molecule has 0 spiro atoms. The highest BCUT2D eigenvalue weighted by atomic mass is 79.9. The molecule has 0 aliphatic rings. The van der Waals surface area contributed by atoms with Crippen molar-refractivity contribution in [2.24, 2.45) is 0 Å². The average Bonchev–Trinajstić information content (AvgIpc) is 2.33. The molecule has 0 fully saturated rings. The highest BCUT2D eigenvalue weighted by Crippen LogP contribution is 2.27. The first-order valence-electron chi connectivity index (χ1n) is 6.15. The molecule has 0 amide bonds. The van der Waals surface area contributed by atoms with E-state index in [1.807, 2.05) is 6.92 Å². The molecule has 106 valence electrons. The lowest BCUT2D eigenvalue weighted by atomic mass is 9.98. The Morgan fingerprint density at radius 1 is 0.900 bits per heavy atom. The highest BCUT2D eigenvalue weighted by molar-refractivity contribution is 9.10. The molecule has 1 N–H and O–H groups in total. The summed E-state index contributed by atoms with van der Waals surface area (Å²) in [6.07, 6.45) is 0. The van der Waals surface area contributed by atoms with Crippen molar-refractivity contribution in [1.29, 1.82) is 0 Å². The van der Waals surface area contributed by atoms with Gasteiger partial charge in [-0.3, -0.25) is 0 Å². The summed E-state index contributed by atoms with van der Waals surface area (Å²) in [5.41, 5.74) is 1.02. The van der Waals surface area contributed by atoms with Crippen molar-refractivity contribution in [2.45, 2.75) is 13.0 Å². The fourth-order valence-electron chi connectivity index (χ4n) is 2.12. The fourth-order valence-corrected chi connectivity index (χ4v) is 2.60. The maximum absolute atomic E-state index is 13.5. The largest absolute Gasteiger partial charge is 0.307 e. The van der Waals surface area contributed by atoms with Gasteiger partial charge in [-0.1, -0.05) is 22.9 Å². The van der Waals surface area contributed by atoms with Crippen LogP contribution in [0.1, 0.15) is 24.1 Å². The zero-order valence-corrected chi connectivity index (χ0v) is 12.3. The molecular weight excluding hydrogens is 331 g/mol. The quantitative estimate of drug-likeness (QED) is 0.857. The SMILES string of the molecule is CCNC(c1cc(F)cc(F)c1)c1cc(F)cc(Br)c1. The third-order valence-electron chi connectivity index (χ3n) is 2.84. The minimum Gasteiger partial charge on any atom is -0.307 e. The molecule has 0 saturated heterocycles. The van der Waals surface area contributed by atoms with Crippen molar-refractivity contribution in [3.63, 3.8) is 0 Å². The van der Waals surface area contributed by atoms with E-state index in [-0.39, 0.29) is 0 Å². The van der Waals surface area contributed by atoms with E-state index < -0.39 is 23.5 Å². The number of hydrogen-bond donors (Lipinski definition) is 1. The van der Waals surface area contributed by atoms with Crippen LogP contribution in [0, 0.1) is 17.5 Å². The summed E-state index contributed by atoms with van der Waals surface area (Å²) in [6.45, 7) is 2.45. The molecule has 0 heterocycles. The molecule has 20 heavy (non-hydrogen) atoms. The number of nitrogens with one attached hydrogen (secondary N) is 1. The molecule has 0 aliphatic carbocycles. The summed E-state index contributed by atoms with van der Waals surface area (Å²) >= 11 is 3.22. The van der Waals surface area contributed by atoms with Crippen LogP contribution in [0.3, 0.4) is 0 Å². The van der Waals surface area contributed by atoms with Crippen LogP contribution in [0.15, 0.2) is 40.9 Å². The molecule has 2 aromatic carbocycles. The van der Waals surface area contributed by atoms with E-state index in [4.69, 9.17) is 0 Å². The maximum atomic E-state index is 13.5. The first-order chi connectivity index (χ1) is 9.49. The van der Waals surface area contributed by atoms with Gasteiger partial charge >= 0.3 is 0 Å². The Morgan fingerprint density at radius 3 is 1.90 bits per heavy atom. The molecule has 0 radical (unpaired) electrons. The van der Waals surface area contributed by atoms with Crippen LogP contribution in [0.25, 0.3) is 0 Å². The predicted molar refractivity (Wildman–Crippen MR) is 76.0 cm³/mol. The van der Waals surface area contributed by atoms with Crippen molar-refractivity contribution < 1.29 is 13.2 Å². The van der Waals surface area contributed by atoms with E-state index in [9.17, 15) is 13.2 Å². The van der Waals surface area contributed by atoms with Crippen molar-refractivity contribution in [1.82, 2.24) is 5.32 Å². The molecule has 0 aliphatic heterocycles. The van der Waals surface area contributed by atoms with Crippen LogP contribution < -0.4 is 5.32 Å². The average molecular weight is 344 g/mol. The van der Waals surface area contributed by atoms with Crippen molar-refractivity contribution in [3.05, 3.63) is 69.4 Å². The monoisotopic (exact) mass is 343 g/mol. The number of benzene rings is 2. The zero-order chi connectivity index (χ0) is 14.7. The van der Waals surface area contributed by atoms with E-state index in [1.54, 1.807) is 6.07 Å². The van der Waals surface area contributed by atoms with Gasteiger partial charge in [0.25, 0.3) is 0 Å². The molecule has 0 saturated carbocycles. The summed E-state index contributed by atoms with van der Waals surface area (Å²) in [5.74, 6) is -1.72. The van der Waals surface area contributed by atoms with E-state index in [1.165, 1.54) is 24.3 Å². The van der Waals surface area contributed by atoms with E-state index in [2.05, 4.69) is 21.2 Å². The van der Waals surface area contributed by atoms with Crippen LogP contribution in [-0.2, 0) is 0 Å². The van der Waals surface area contributed by atoms with E-state index in [0.717, 1.165) is 6.07 Å². The summed E-state index contributed by atoms with van der Waals surface area (Å²) < 4.78 is 40.8. The van der Waals surface area contributed by atoms with Crippen molar-refractivity contribution in [2.75, 3.05) is 6.54 Å². The molecule has 1 nitrogen and oxygen atoms in total. The number of halogens is 4. The molecule has 2 aromatic rings. The van der Waals surface area contributed by atoms with Gasteiger partial charge in [-0.05, 0) is 48.0 Å². The minimum absolute atomic E-state index is 0.408. The zero-order valence-electron chi connectivity index (χ0n) is 10.8. The highest BCUT2D eigenvalue weighted by Gasteiger charge is 2.16. The van der Waals surface area contributed by atoms with Gasteiger partial charge in [0.15, 0.2) is 0 Å². The summed E-state index contributed by atoms with van der Waals surface area (Å²) in [4.78, 5) is 0. The predicted octanol–water partition coefficient (Wildman–Crippen LogP) is 4.57. The van der Waals surface area contributed by atoms with Gasteiger partial charge in [0.05, 0.1) is 6.04 Å². The number of hydrogen-bond acceptors (Lipinski definition) is 1. The molecule has 0 aromatic heterocycles. The third kappa shape index (κ3) is 3.61. The molecular formula is C15H13BrF3N. The topological polar surface area (TPSA) is 12.0 Å². The second kappa shape index (κ2) is 6.41. The van der Waals surface area contributed by atoms with Crippen LogP contribution in [-0.4, -0.2) is 6.54 Å². The van der Waals surface area contributed by atoms with Crippen LogP contribution in [0.2, 0.25) is 0 Å². The smallest absolute Gasteiger partial charge is 0.126 e. The standard InChI is InChI=1S/C15H13BrF3N/c1-2-20-15(9-3-11(16)7-12(17)4-9)10-5-13(18)8-14(19)6-10/h3-8,15,20H,2H2,1H3. The Kier molecular flexibility index (Phi) is 4.83. The van der Waals surface area contributed by atoms with Crippen LogP contribution >= 0.6 is 15.9 Å².